The molecule has 0 amide bonds. The number of rotatable bonds is 0. The van der Waals surface area contributed by atoms with E-state index in [9.17, 15) is 0 Å². The Bertz CT molecular complexity index is 117. The highest BCUT2D eigenvalue weighted by molar-refractivity contribution is 4.56. The van der Waals surface area contributed by atoms with Crippen LogP contribution in [0.5, 0.6) is 0 Å². The summed E-state index contributed by atoms with van der Waals surface area (Å²) in [6, 6.07) is 0. The minimum atomic E-state index is 0. The van der Waals surface area contributed by atoms with Crippen molar-refractivity contribution < 1.29 is 0 Å². The second kappa shape index (κ2) is 39.1. The van der Waals surface area contributed by atoms with Crippen LogP contribution in [0, 0.1) is 0 Å². The Kier molecular flexibility index (Phi) is 50.9. The lowest BCUT2D eigenvalue weighted by Gasteiger charge is -2.08. The molecule has 3 saturated heterocycles. The molecule has 3 aliphatic heterocycles. The first-order valence-electron chi connectivity index (χ1n) is 11.1. The molecule has 0 bridgehead atoms. The molecule has 0 aliphatic carbocycles. The summed E-state index contributed by atoms with van der Waals surface area (Å²) >= 11 is 0. The summed E-state index contributed by atoms with van der Waals surface area (Å²) in [6.07, 6.45) is 12.6. The van der Waals surface area contributed by atoms with Crippen LogP contribution in [0.1, 0.15) is 107 Å². The highest BCUT2D eigenvalue weighted by Gasteiger charge is 1.94. The first-order valence-corrected chi connectivity index (χ1v) is 11.1. The molecule has 0 unspecified atom stereocenters. The third kappa shape index (κ3) is 35.8. The Morgan fingerprint density at radius 2 is 0.480 bits per heavy atom. The van der Waals surface area contributed by atoms with E-state index in [-0.39, 0.29) is 7.43 Å². The summed E-state index contributed by atoms with van der Waals surface area (Å²) in [5, 5.41) is 9.85. The van der Waals surface area contributed by atoms with Gasteiger partial charge in [0.15, 0.2) is 0 Å². The van der Waals surface area contributed by atoms with Gasteiger partial charge in [0.25, 0.3) is 0 Å². The number of hydrogen-bond acceptors (Lipinski definition) is 3. The van der Waals surface area contributed by atoms with Gasteiger partial charge in [-0.25, -0.2) is 0 Å². The van der Waals surface area contributed by atoms with Gasteiger partial charge >= 0.3 is 0 Å². The Labute approximate surface area is 162 Å². The van der Waals surface area contributed by atoms with Gasteiger partial charge in [-0.15, -0.1) is 0 Å². The molecule has 3 fully saturated rings. The van der Waals surface area contributed by atoms with Crippen LogP contribution >= 0.6 is 0 Å². The van der Waals surface area contributed by atoms with Crippen molar-refractivity contribution in [2.24, 2.45) is 0 Å². The zero-order chi connectivity index (χ0) is 18.7. The SMILES string of the molecule is C.C1CCCNCC1.C1CCNC1.C1CCNCC1.CC.CC.CC. The lowest BCUT2D eigenvalue weighted by molar-refractivity contribution is 0.520. The lowest BCUT2D eigenvalue weighted by atomic mass is 10.2. The second-order valence-electron chi connectivity index (χ2n) is 5.43. The van der Waals surface area contributed by atoms with E-state index in [1.807, 2.05) is 41.5 Å². The Morgan fingerprint density at radius 1 is 0.320 bits per heavy atom. The third-order valence-corrected chi connectivity index (χ3v) is 3.62. The van der Waals surface area contributed by atoms with E-state index in [1.54, 1.807) is 0 Å². The van der Waals surface area contributed by atoms with Gasteiger partial charge in [0, 0.05) is 0 Å². The highest BCUT2D eigenvalue weighted by atomic mass is 14.9. The van der Waals surface area contributed by atoms with Crippen LogP contribution < -0.4 is 16.0 Å². The van der Waals surface area contributed by atoms with Gasteiger partial charge in [0.05, 0.1) is 0 Å². The molecule has 3 heterocycles. The zero-order valence-corrected chi connectivity index (χ0v) is 18.1. The lowest BCUT2D eigenvalue weighted by Crippen LogP contribution is -2.21. The topological polar surface area (TPSA) is 36.1 Å². The first-order chi connectivity index (χ1) is 12.0. The predicted molar refractivity (Wildman–Crippen MR) is 121 cm³/mol. The summed E-state index contributed by atoms with van der Waals surface area (Å²) in [5.41, 5.74) is 0. The largest absolute Gasteiger partial charge is 0.317 e. The fourth-order valence-corrected chi connectivity index (χ4v) is 2.41. The Balaban J connectivity index is -0.000000114. The molecule has 3 N–H and O–H groups in total. The Hall–Kier alpha value is -0.120. The van der Waals surface area contributed by atoms with Crippen LogP contribution in [0.3, 0.4) is 0 Å². The third-order valence-electron chi connectivity index (χ3n) is 3.62. The van der Waals surface area contributed by atoms with E-state index >= 15 is 0 Å². The Morgan fingerprint density at radius 3 is 0.680 bits per heavy atom. The molecule has 0 aromatic heterocycles. The fraction of sp³-hybridized carbons (Fsp3) is 1.00. The standard InChI is InChI=1S/C6H13N.C5H11N.C4H9N.3C2H6.CH4/c1-2-4-6-7-5-3-1;1-2-4-6-5-3-1;1-2-4-5-3-1;3*1-2;/h7H,1-6H2;6H,1-5H2;5H,1-4H2;3*1-2H3;1H4. The van der Waals surface area contributed by atoms with E-state index in [2.05, 4.69) is 16.0 Å². The average Bonchev–Trinajstić information content (AvgIpc) is 3.16. The van der Waals surface area contributed by atoms with Crippen LogP contribution in [0.4, 0.5) is 0 Å². The van der Waals surface area contributed by atoms with Crippen molar-refractivity contribution in [2.45, 2.75) is 107 Å². The van der Waals surface area contributed by atoms with Gasteiger partial charge in [-0.2, -0.15) is 0 Å². The molecule has 0 spiro atoms. The molecule has 158 valence electrons. The van der Waals surface area contributed by atoms with Gasteiger partial charge in [0.2, 0.25) is 0 Å². The van der Waals surface area contributed by atoms with Crippen LogP contribution in [0.15, 0.2) is 0 Å². The molecule has 0 atom stereocenters. The summed E-state index contributed by atoms with van der Waals surface area (Å²) in [5.74, 6) is 0. The minimum Gasteiger partial charge on any atom is -0.317 e. The molecule has 3 nitrogen and oxygen atoms in total. The zero-order valence-electron chi connectivity index (χ0n) is 18.1. The molecule has 0 radical (unpaired) electrons. The quantitative estimate of drug-likeness (QED) is 0.495. The second-order valence-corrected chi connectivity index (χ2v) is 5.43. The molecule has 0 aromatic carbocycles. The summed E-state index contributed by atoms with van der Waals surface area (Å²) in [7, 11) is 0. The number of hydrogen-bond donors (Lipinski definition) is 3. The predicted octanol–water partition coefficient (Wildman–Crippen LogP) is 5.99. The van der Waals surface area contributed by atoms with Crippen molar-refractivity contribution in [3.63, 3.8) is 0 Å². The molecular weight excluding hydrogens is 306 g/mol. The van der Waals surface area contributed by atoms with Crippen LogP contribution in [-0.2, 0) is 0 Å². The monoisotopic (exact) mass is 361 g/mol. The van der Waals surface area contributed by atoms with Crippen molar-refractivity contribution in [3.8, 4) is 0 Å². The summed E-state index contributed by atoms with van der Waals surface area (Å²) in [6.45, 7) is 19.5. The van der Waals surface area contributed by atoms with E-state index in [0.29, 0.717) is 0 Å². The van der Waals surface area contributed by atoms with Crippen molar-refractivity contribution >= 4 is 0 Å². The maximum absolute atomic E-state index is 3.35. The molecule has 25 heavy (non-hydrogen) atoms. The molecule has 3 heteroatoms. The normalized spacial score (nSPS) is 18.0. The van der Waals surface area contributed by atoms with Crippen LogP contribution in [-0.4, -0.2) is 39.3 Å². The minimum absolute atomic E-state index is 0. The van der Waals surface area contributed by atoms with Gasteiger partial charge in [-0.05, 0) is 77.8 Å². The number of piperidine rings is 1. The smallest absolute Gasteiger partial charge is 0.00484 e. The summed E-state index contributed by atoms with van der Waals surface area (Å²) < 4.78 is 0. The van der Waals surface area contributed by atoms with E-state index in [4.69, 9.17) is 0 Å². The molecular formula is C22H55N3. The molecule has 0 aromatic rings. The van der Waals surface area contributed by atoms with Crippen LogP contribution in [0.2, 0.25) is 0 Å². The maximum Gasteiger partial charge on any atom is -0.00484 e. The van der Waals surface area contributed by atoms with Crippen molar-refractivity contribution in [1.82, 2.24) is 16.0 Å². The molecule has 3 rings (SSSR count). The highest BCUT2D eigenvalue weighted by Crippen LogP contribution is 2.00. The maximum atomic E-state index is 3.35. The van der Waals surface area contributed by atoms with Gasteiger partial charge in [0.1, 0.15) is 0 Å². The first kappa shape index (κ1) is 32.5. The van der Waals surface area contributed by atoms with Crippen molar-refractivity contribution in [3.05, 3.63) is 0 Å². The summed E-state index contributed by atoms with van der Waals surface area (Å²) in [4.78, 5) is 0. The van der Waals surface area contributed by atoms with Gasteiger partial charge < -0.3 is 16.0 Å². The van der Waals surface area contributed by atoms with Crippen molar-refractivity contribution in [1.29, 1.82) is 0 Å². The van der Waals surface area contributed by atoms with Gasteiger partial charge in [-0.3, -0.25) is 0 Å². The van der Waals surface area contributed by atoms with E-state index in [0.717, 1.165) is 0 Å². The van der Waals surface area contributed by atoms with E-state index in [1.165, 1.54) is 97.1 Å². The number of nitrogens with one attached hydrogen (secondary N) is 3. The van der Waals surface area contributed by atoms with Crippen molar-refractivity contribution in [2.75, 3.05) is 39.3 Å². The molecule has 3 aliphatic rings. The molecule has 0 saturated carbocycles. The fourth-order valence-electron chi connectivity index (χ4n) is 2.41. The van der Waals surface area contributed by atoms with Gasteiger partial charge in [-0.1, -0.05) is 68.2 Å². The van der Waals surface area contributed by atoms with Crippen LogP contribution in [0.25, 0.3) is 0 Å². The average molecular weight is 362 g/mol. The van der Waals surface area contributed by atoms with E-state index < -0.39 is 0 Å².